The predicted octanol–water partition coefficient (Wildman–Crippen LogP) is 2.96. The minimum atomic E-state index is 0.200. The number of pyridine rings is 1. The van der Waals surface area contributed by atoms with Gasteiger partial charge in [-0.05, 0) is 53.4 Å². The fourth-order valence-electron chi connectivity index (χ4n) is 2.74. The molecule has 0 saturated carbocycles. The zero-order valence-corrected chi connectivity index (χ0v) is 12.7. The lowest BCUT2D eigenvalue weighted by Gasteiger charge is -2.40. The van der Waals surface area contributed by atoms with Crippen molar-refractivity contribution in [2.45, 2.75) is 38.8 Å². The van der Waals surface area contributed by atoms with Gasteiger partial charge in [-0.1, -0.05) is 13.8 Å². The van der Waals surface area contributed by atoms with Gasteiger partial charge >= 0.3 is 0 Å². The highest BCUT2D eigenvalue weighted by Gasteiger charge is 2.31. The number of rotatable bonds is 3. The van der Waals surface area contributed by atoms with E-state index < -0.39 is 0 Å². The molecule has 2 atom stereocenters. The number of piperidine rings is 1. The van der Waals surface area contributed by atoms with E-state index in [2.05, 4.69) is 51.8 Å². The standard InChI is InChI=1S/C14H22BrN3/c1-10(2)9-18-7-3-4-12(16)14(18)13-6-5-11(15)8-17-13/h5-6,8,10,12,14H,3-4,7,9,16H2,1-2H3. The second-order valence-electron chi connectivity index (χ2n) is 5.54. The van der Waals surface area contributed by atoms with Gasteiger partial charge < -0.3 is 5.73 Å². The van der Waals surface area contributed by atoms with Gasteiger partial charge in [-0.25, -0.2) is 0 Å². The van der Waals surface area contributed by atoms with Gasteiger partial charge in [0.05, 0.1) is 11.7 Å². The molecule has 0 radical (unpaired) electrons. The summed E-state index contributed by atoms with van der Waals surface area (Å²) in [7, 11) is 0. The van der Waals surface area contributed by atoms with Gasteiger partial charge in [-0.2, -0.15) is 0 Å². The summed E-state index contributed by atoms with van der Waals surface area (Å²) in [5, 5.41) is 0. The topological polar surface area (TPSA) is 42.1 Å². The average molecular weight is 312 g/mol. The van der Waals surface area contributed by atoms with E-state index in [1.54, 1.807) is 0 Å². The molecule has 1 aromatic rings. The first-order chi connectivity index (χ1) is 8.58. The fraction of sp³-hybridized carbons (Fsp3) is 0.643. The third-order valence-corrected chi connectivity index (χ3v) is 3.90. The van der Waals surface area contributed by atoms with E-state index in [9.17, 15) is 0 Å². The molecule has 18 heavy (non-hydrogen) atoms. The molecule has 1 aliphatic heterocycles. The molecule has 1 aromatic heterocycles. The monoisotopic (exact) mass is 311 g/mol. The maximum Gasteiger partial charge on any atom is 0.0673 e. The van der Waals surface area contributed by atoms with Crippen molar-refractivity contribution in [1.82, 2.24) is 9.88 Å². The Bertz CT molecular complexity index is 377. The van der Waals surface area contributed by atoms with Crippen LogP contribution in [0.3, 0.4) is 0 Å². The third kappa shape index (κ3) is 3.31. The second kappa shape index (κ2) is 6.13. The lowest BCUT2D eigenvalue weighted by molar-refractivity contribution is 0.111. The van der Waals surface area contributed by atoms with E-state index in [4.69, 9.17) is 5.73 Å². The molecule has 2 heterocycles. The lowest BCUT2D eigenvalue weighted by Crippen LogP contribution is -2.47. The second-order valence-corrected chi connectivity index (χ2v) is 6.46. The number of halogens is 1. The van der Waals surface area contributed by atoms with Gasteiger partial charge in [0.15, 0.2) is 0 Å². The van der Waals surface area contributed by atoms with Gasteiger partial charge in [0.25, 0.3) is 0 Å². The van der Waals surface area contributed by atoms with E-state index in [-0.39, 0.29) is 12.1 Å². The van der Waals surface area contributed by atoms with Crippen LogP contribution in [0.15, 0.2) is 22.8 Å². The minimum Gasteiger partial charge on any atom is -0.326 e. The predicted molar refractivity (Wildman–Crippen MR) is 78.3 cm³/mol. The summed E-state index contributed by atoms with van der Waals surface area (Å²) in [6.45, 7) is 6.74. The van der Waals surface area contributed by atoms with E-state index in [1.807, 2.05) is 6.20 Å². The third-order valence-electron chi connectivity index (χ3n) is 3.43. The van der Waals surface area contributed by atoms with Gasteiger partial charge in [-0.15, -0.1) is 0 Å². The van der Waals surface area contributed by atoms with Crippen LogP contribution >= 0.6 is 15.9 Å². The Morgan fingerprint density at radius 2 is 2.28 bits per heavy atom. The van der Waals surface area contributed by atoms with Crippen LogP contribution in [0.4, 0.5) is 0 Å². The summed E-state index contributed by atoms with van der Waals surface area (Å²) in [6.07, 6.45) is 4.15. The fourth-order valence-corrected chi connectivity index (χ4v) is 2.97. The highest BCUT2D eigenvalue weighted by molar-refractivity contribution is 9.10. The van der Waals surface area contributed by atoms with Crippen molar-refractivity contribution in [2.24, 2.45) is 11.7 Å². The number of nitrogens with two attached hydrogens (primary N) is 1. The summed E-state index contributed by atoms with van der Waals surface area (Å²) in [6, 6.07) is 4.62. The zero-order chi connectivity index (χ0) is 13.1. The highest BCUT2D eigenvalue weighted by atomic mass is 79.9. The summed E-state index contributed by atoms with van der Waals surface area (Å²) >= 11 is 3.43. The van der Waals surface area contributed by atoms with Crippen LogP contribution in [0, 0.1) is 5.92 Å². The molecule has 1 saturated heterocycles. The van der Waals surface area contributed by atoms with Crippen molar-refractivity contribution in [3.05, 3.63) is 28.5 Å². The van der Waals surface area contributed by atoms with Crippen molar-refractivity contribution in [2.75, 3.05) is 13.1 Å². The molecule has 0 spiro atoms. The minimum absolute atomic E-state index is 0.200. The zero-order valence-electron chi connectivity index (χ0n) is 11.1. The summed E-state index contributed by atoms with van der Waals surface area (Å²) < 4.78 is 1.02. The Hall–Kier alpha value is -0.450. The van der Waals surface area contributed by atoms with Gasteiger partial charge in [0, 0.05) is 23.3 Å². The molecule has 2 rings (SSSR count). The molecule has 0 amide bonds. The van der Waals surface area contributed by atoms with Gasteiger partial charge in [0.2, 0.25) is 0 Å². The molecule has 4 heteroatoms. The average Bonchev–Trinajstić information content (AvgIpc) is 2.30. The van der Waals surface area contributed by atoms with Crippen LogP contribution in [0.2, 0.25) is 0 Å². The number of hydrogen-bond donors (Lipinski definition) is 1. The largest absolute Gasteiger partial charge is 0.326 e. The number of likely N-dealkylation sites (tertiary alicyclic amines) is 1. The molecule has 1 fully saturated rings. The van der Waals surface area contributed by atoms with Crippen LogP contribution in [0.1, 0.15) is 38.4 Å². The molecule has 0 bridgehead atoms. The number of nitrogens with zero attached hydrogens (tertiary/aromatic N) is 2. The first kappa shape index (κ1) is 14.0. The van der Waals surface area contributed by atoms with E-state index in [0.29, 0.717) is 5.92 Å². The first-order valence-corrected chi connectivity index (χ1v) is 7.48. The van der Waals surface area contributed by atoms with Crippen LogP contribution < -0.4 is 5.73 Å². The Morgan fingerprint density at radius 1 is 1.50 bits per heavy atom. The van der Waals surface area contributed by atoms with Crippen molar-refractivity contribution < 1.29 is 0 Å². The SMILES string of the molecule is CC(C)CN1CCCC(N)C1c1ccc(Br)cn1. The molecule has 0 aromatic carbocycles. The van der Waals surface area contributed by atoms with Crippen LogP contribution in [0.25, 0.3) is 0 Å². The van der Waals surface area contributed by atoms with Crippen LogP contribution in [0.5, 0.6) is 0 Å². The van der Waals surface area contributed by atoms with Crippen molar-refractivity contribution in [1.29, 1.82) is 0 Å². The van der Waals surface area contributed by atoms with E-state index >= 15 is 0 Å². The molecular formula is C14H22BrN3. The Balaban J connectivity index is 2.21. The molecule has 1 aliphatic rings. The lowest BCUT2D eigenvalue weighted by atomic mass is 9.93. The highest BCUT2D eigenvalue weighted by Crippen LogP contribution is 2.30. The van der Waals surface area contributed by atoms with Crippen molar-refractivity contribution in [3.8, 4) is 0 Å². The number of hydrogen-bond acceptors (Lipinski definition) is 3. The maximum atomic E-state index is 6.32. The quantitative estimate of drug-likeness (QED) is 0.933. The van der Waals surface area contributed by atoms with Crippen LogP contribution in [-0.2, 0) is 0 Å². The Morgan fingerprint density at radius 3 is 2.89 bits per heavy atom. The summed E-state index contributed by atoms with van der Waals surface area (Å²) in [4.78, 5) is 7.04. The van der Waals surface area contributed by atoms with Gasteiger partial charge in [-0.3, -0.25) is 9.88 Å². The normalized spacial score (nSPS) is 25.6. The van der Waals surface area contributed by atoms with Gasteiger partial charge in [0.1, 0.15) is 0 Å². The van der Waals surface area contributed by atoms with E-state index in [1.165, 1.54) is 6.42 Å². The molecule has 2 unspecified atom stereocenters. The summed E-state index contributed by atoms with van der Waals surface area (Å²) in [5.74, 6) is 0.660. The maximum absolute atomic E-state index is 6.32. The number of aromatic nitrogens is 1. The molecule has 2 N–H and O–H groups in total. The Labute approximate surface area is 118 Å². The van der Waals surface area contributed by atoms with Crippen molar-refractivity contribution >= 4 is 15.9 Å². The Kier molecular flexibility index (Phi) is 4.76. The smallest absolute Gasteiger partial charge is 0.0673 e. The molecule has 0 aliphatic carbocycles. The molecular weight excluding hydrogens is 290 g/mol. The van der Waals surface area contributed by atoms with E-state index in [0.717, 1.165) is 29.7 Å². The van der Waals surface area contributed by atoms with Crippen molar-refractivity contribution in [3.63, 3.8) is 0 Å². The summed E-state index contributed by atoms with van der Waals surface area (Å²) in [5.41, 5.74) is 7.42. The first-order valence-electron chi connectivity index (χ1n) is 6.69. The molecule has 3 nitrogen and oxygen atoms in total. The van der Waals surface area contributed by atoms with Crippen LogP contribution in [-0.4, -0.2) is 29.0 Å². The molecule has 100 valence electrons.